The minimum absolute atomic E-state index is 0.302. The summed E-state index contributed by atoms with van der Waals surface area (Å²) in [5.41, 5.74) is 11.0. The molecule has 8 nitrogen and oxygen atoms in total. The number of pyridine rings is 2. The van der Waals surface area contributed by atoms with Gasteiger partial charge in [0.05, 0.1) is 17.8 Å². The van der Waals surface area contributed by atoms with Gasteiger partial charge in [0.15, 0.2) is 5.82 Å². The molecule has 0 unspecified atom stereocenters. The number of benzene rings is 1. The molecule has 5 heterocycles. The van der Waals surface area contributed by atoms with E-state index in [1.165, 1.54) is 12.0 Å². The monoisotopic (exact) mass is 451 g/mol. The second-order valence-electron chi connectivity index (χ2n) is 9.51. The lowest BCUT2D eigenvalue weighted by atomic mass is 9.79. The quantitative estimate of drug-likeness (QED) is 0.384. The van der Waals surface area contributed by atoms with Crippen molar-refractivity contribution in [2.45, 2.75) is 37.3 Å². The molecule has 2 fully saturated rings. The Hall–Kier alpha value is -3.62. The van der Waals surface area contributed by atoms with Crippen molar-refractivity contribution in [1.82, 2.24) is 24.9 Å². The molecule has 1 aliphatic heterocycles. The van der Waals surface area contributed by atoms with Crippen molar-refractivity contribution < 1.29 is 5.11 Å². The number of nitrogens with one attached hydrogen (secondary N) is 1. The highest BCUT2D eigenvalue weighted by atomic mass is 16.3. The number of aromatic amines is 1. The average Bonchev–Trinajstić information content (AvgIpc) is 3.36. The van der Waals surface area contributed by atoms with Gasteiger partial charge in [-0.25, -0.2) is 15.0 Å². The predicted molar refractivity (Wildman–Crippen MR) is 133 cm³/mol. The number of aliphatic hydroxyl groups excluding tert-OH is 1. The number of nitrogens with zero attached hydrogens (tertiary/aromatic N) is 5. The van der Waals surface area contributed by atoms with Crippen LogP contribution >= 0.6 is 0 Å². The first-order valence-electron chi connectivity index (χ1n) is 11.9. The van der Waals surface area contributed by atoms with Gasteiger partial charge in [-0.15, -0.1) is 0 Å². The summed E-state index contributed by atoms with van der Waals surface area (Å²) in [7, 11) is 0. The van der Waals surface area contributed by atoms with Gasteiger partial charge in [0.2, 0.25) is 0 Å². The van der Waals surface area contributed by atoms with Gasteiger partial charge in [0, 0.05) is 58.8 Å². The van der Waals surface area contributed by atoms with Crippen molar-refractivity contribution in [3.05, 3.63) is 54.5 Å². The molecule has 0 radical (unpaired) electrons. The van der Waals surface area contributed by atoms with E-state index in [2.05, 4.69) is 32.0 Å². The Balaban J connectivity index is 1.51. The molecule has 0 bridgehead atoms. The maximum atomic E-state index is 10.4. The number of aliphatic hydroxyl groups is 1. The van der Waals surface area contributed by atoms with Crippen LogP contribution in [0.5, 0.6) is 0 Å². The first-order chi connectivity index (χ1) is 16.7. The Bertz CT molecular complexity index is 1550. The third-order valence-electron chi connectivity index (χ3n) is 7.44. The first-order valence-corrected chi connectivity index (χ1v) is 11.9. The van der Waals surface area contributed by atoms with E-state index >= 15 is 0 Å². The summed E-state index contributed by atoms with van der Waals surface area (Å²) in [5, 5.41) is 13.5. The Labute approximate surface area is 195 Å². The molecule has 0 spiro atoms. The third-order valence-corrected chi connectivity index (χ3v) is 7.44. The van der Waals surface area contributed by atoms with E-state index in [4.69, 9.17) is 15.7 Å². The maximum Gasteiger partial charge on any atom is 0.163 e. The number of anilines is 1. The standard InChI is InChI=1S/C26H25N7O/c27-18-12-33(13-21(18)34)26-23-17(14-4-3-5-14)10-28-11-20(23)31-24(32-26)16-8-9-29-25-22(16)15-6-1-2-7-19(15)30-25/h1-2,6-11,14,18,21,34H,3-5,12-13,27H2,(H,29,30)/t18-,21-/m1/s1. The summed E-state index contributed by atoms with van der Waals surface area (Å²) < 4.78 is 0. The van der Waals surface area contributed by atoms with Crippen molar-refractivity contribution in [3.63, 3.8) is 0 Å². The molecular weight excluding hydrogens is 426 g/mol. The van der Waals surface area contributed by atoms with Crippen LogP contribution < -0.4 is 10.6 Å². The minimum atomic E-state index is -0.580. The number of β-amino-alcohol motifs (C(OH)–C–C–N with tert-alkyl or cyclic N) is 1. The zero-order valence-corrected chi connectivity index (χ0v) is 18.6. The molecule has 1 saturated carbocycles. The summed E-state index contributed by atoms with van der Waals surface area (Å²) >= 11 is 0. The van der Waals surface area contributed by atoms with Crippen LogP contribution in [0, 0.1) is 0 Å². The molecule has 2 atom stereocenters. The first kappa shape index (κ1) is 19.8. The van der Waals surface area contributed by atoms with Gasteiger partial charge in [-0.1, -0.05) is 24.6 Å². The van der Waals surface area contributed by atoms with Crippen molar-refractivity contribution in [1.29, 1.82) is 0 Å². The van der Waals surface area contributed by atoms with Gasteiger partial charge in [0.25, 0.3) is 0 Å². The molecule has 1 aromatic carbocycles. The average molecular weight is 452 g/mol. The van der Waals surface area contributed by atoms with Crippen LogP contribution in [0.1, 0.15) is 30.7 Å². The Morgan fingerprint density at radius 1 is 1.03 bits per heavy atom. The number of hydrogen-bond donors (Lipinski definition) is 3. The fraction of sp³-hybridized carbons (Fsp3) is 0.308. The van der Waals surface area contributed by atoms with Crippen molar-refractivity contribution >= 4 is 38.7 Å². The van der Waals surface area contributed by atoms with Gasteiger partial charge in [-0.05, 0) is 36.5 Å². The second-order valence-corrected chi connectivity index (χ2v) is 9.51. The lowest BCUT2D eigenvalue weighted by molar-refractivity contribution is 0.180. The van der Waals surface area contributed by atoms with E-state index in [0.29, 0.717) is 24.8 Å². The Morgan fingerprint density at radius 2 is 1.91 bits per heavy atom. The molecule has 170 valence electrons. The molecule has 7 rings (SSSR count). The smallest absolute Gasteiger partial charge is 0.163 e. The van der Waals surface area contributed by atoms with Crippen molar-refractivity contribution in [2.75, 3.05) is 18.0 Å². The topological polar surface area (TPSA) is 117 Å². The molecule has 5 aromatic rings. The molecule has 1 aliphatic carbocycles. The number of para-hydroxylation sites is 1. The number of fused-ring (bicyclic) bond motifs is 4. The maximum absolute atomic E-state index is 10.4. The number of rotatable bonds is 3. The van der Waals surface area contributed by atoms with Crippen LogP contribution in [-0.2, 0) is 0 Å². The zero-order chi connectivity index (χ0) is 22.8. The van der Waals surface area contributed by atoms with Gasteiger partial charge in [-0.2, -0.15) is 0 Å². The van der Waals surface area contributed by atoms with Crippen LogP contribution in [0.15, 0.2) is 48.9 Å². The fourth-order valence-corrected chi connectivity index (χ4v) is 5.40. The molecule has 8 heteroatoms. The normalized spacial score (nSPS) is 21.1. The molecule has 1 saturated heterocycles. The van der Waals surface area contributed by atoms with E-state index in [1.54, 1.807) is 6.20 Å². The van der Waals surface area contributed by atoms with Crippen LogP contribution in [0.25, 0.3) is 44.2 Å². The van der Waals surface area contributed by atoms with Crippen molar-refractivity contribution in [3.8, 4) is 11.4 Å². The van der Waals surface area contributed by atoms with Gasteiger partial charge in [-0.3, -0.25) is 4.98 Å². The molecule has 4 N–H and O–H groups in total. The number of aromatic nitrogens is 5. The van der Waals surface area contributed by atoms with E-state index in [9.17, 15) is 5.11 Å². The van der Waals surface area contributed by atoms with Gasteiger partial charge in [0.1, 0.15) is 11.5 Å². The summed E-state index contributed by atoms with van der Waals surface area (Å²) in [4.78, 5) is 24.8. The van der Waals surface area contributed by atoms with Gasteiger partial charge >= 0.3 is 0 Å². The summed E-state index contributed by atoms with van der Waals surface area (Å²) in [6, 6.07) is 9.85. The SMILES string of the molecule is N[C@@H]1CN(c2nc(-c3ccnc4[nH]c5ccccc5c34)nc3cncc(C4CCC4)c23)C[C@H]1O. The van der Waals surface area contributed by atoms with E-state index in [0.717, 1.165) is 57.1 Å². The Kier molecular flexibility index (Phi) is 4.34. The largest absolute Gasteiger partial charge is 0.390 e. The van der Waals surface area contributed by atoms with E-state index < -0.39 is 6.10 Å². The highest BCUT2D eigenvalue weighted by Crippen LogP contribution is 2.43. The summed E-state index contributed by atoms with van der Waals surface area (Å²) in [6.07, 6.45) is 8.55. The fourth-order valence-electron chi connectivity index (χ4n) is 5.40. The van der Waals surface area contributed by atoms with Crippen molar-refractivity contribution in [2.24, 2.45) is 5.73 Å². The van der Waals surface area contributed by atoms with Crippen LogP contribution in [0.3, 0.4) is 0 Å². The third kappa shape index (κ3) is 2.92. The van der Waals surface area contributed by atoms with E-state index in [-0.39, 0.29) is 6.04 Å². The van der Waals surface area contributed by atoms with Gasteiger partial charge < -0.3 is 20.7 Å². The second kappa shape index (κ2) is 7.44. The lowest BCUT2D eigenvalue weighted by Crippen LogP contribution is -2.32. The van der Waals surface area contributed by atoms with Crippen LogP contribution in [0.2, 0.25) is 0 Å². The summed E-state index contributed by atoms with van der Waals surface area (Å²) in [6.45, 7) is 1.01. The summed E-state index contributed by atoms with van der Waals surface area (Å²) in [5.74, 6) is 1.94. The Morgan fingerprint density at radius 3 is 2.71 bits per heavy atom. The molecule has 4 aromatic heterocycles. The molecule has 34 heavy (non-hydrogen) atoms. The molecular formula is C26H25N7O. The van der Waals surface area contributed by atoms with E-state index in [1.807, 2.05) is 30.6 Å². The predicted octanol–water partition coefficient (Wildman–Crippen LogP) is 3.50. The van der Waals surface area contributed by atoms with Crippen LogP contribution in [-0.4, -0.2) is 55.3 Å². The van der Waals surface area contributed by atoms with Crippen LogP contribution in [0.4, 0.5) is 5.82 Å². The number of H-pyrrole nitrogens is 1. The molecule has 2 aliphatic rings. The highest BCUT2D eigenvalue weighted by molar-refractivity contribution is 6.12. The lowest BCUT2D eigenvalue weighted by Gasteiger charge is -2.28. The number of nitrogens with two attached hydrogens (primary N) is 1. The highest BCUT2D eigenvalue weighted by Gasteiger charge is 2.33. The number of hydrogen-bond acceptors (Lipinski definition) is 7. The minimum Gasteiger partial charge on any atom is -0.390 e. The zero-order valence-electron chi connectivity index (χ0n) is 18.6. The molecule has 0 amide bonds.